The molecule has 16 heavy (non-hydrogen) atoms. The van der Waals surface area contributed by atoms with E-state index < -0.39 is 0 Å². The Labute approximate surface area is 99.1 Å². The third-order valence-electron chi connectivity index (χ3n) is 2.88. The molecule has 0 radical (unpaired) electrons. The number of aromatic nitrogens is 3. The van der Waals surface area contributed by atoms with E-state index in [9.17, 15) is 0 Å². The predicted octanol–water partition coefficient (Wildman–Crippen LogP) is 2.93. The van der Waals surface area contributed by atoms with Crippen molar-refractivity contribution in [2.24, 2.45) is 0 Å². The van der Waals surface area contributed by atoms with Crippen LogP contribution in [0.15, 0.2) is 24.3 Å². The molecular formula is C12H12ClN3. The third kappa shape index (κ3) is 1.61. The molecule has 3 rings (SSSR count). The molecule has 1 aliphatic rings. The van der Waals surface area contributed by atoms with E-state index in [0.29, 0.717) is 5.02 Å². The summed E-state index contributed by atoms with van der Waals surface area (Å²) in [6.07, 6.45) is 3.43. The smallest absolute Gasteiger partial charge is 0.182 e. The second-order valence-corrected chi connectivity index (χ2v) is 4.42. The van der Waals surface area contributed by atoms with Crippen molar-refractivity contribution >= 4 is 11.6 Å². The van der Waals surface area contributed by atoms with Crippen molar-refractivity contribution in [1.29, 1.82) is 0 Å². The number of hydrogen-bond acceptors (Lipinski definition) is 2. The first-order valence-electron chi connectivity index (χ1n) is 5.53. The summed E-state index contributed by atoms with van der Waals surface area (Å²) in [5, 5.41) is 5.22. The average molecular weight is 234 g/mol. The highest BCUT2D eigenvalue weighted by Crippen LogP contribution is 2.26. The van der Waals surface area contributed by atoms with E-state index in [1.54, 1.807) is 0 Å². The fourth-order valence-electron chi connectivity index (χ4n) is 2.04. The molecule has 0 spiro atoms. The highest BCUT2D eigenvalue weighted by molar-refractivity contribution is 6.33. The van der Waals surface area contributed by atoms with E-state index >= 15 is 0 Å². The second kappa shape index (κ2) is 3.91. The third-order valence-corrected chi connectivity index (χ3v) is 3.21. The fraction of sp³-hybridized carbons (Fsp3) is 0.333. The maximum Gasteiger partial charge on any atom is 0.182 e. The van der Waals surface area contributed by atoms with Gasteiger partial charge in [0.15, 0.2) is 5.82 Å². The Morgan fingerprint density at radius 2 is 2.06 bits per heavy atom. The molecule has 1 aromatic heterocycles. The minimum absolute atomic E-state index is 0.713. The molecular weight excluding hydrogens is 222 g/mol. The Morgan fingerprint density at radius 1 is 1.19 bits per heavy atom. The number of rotatable bonds is 1. The molecule has 0 amide bonds. The minimum atomic E-state index is 0.713. The average Bonchev–Trinajstić information content (AvgIpc) is 2.73. The first-order chi connectivity index (χ1) is 7.84. The summed E-state index contributed by atoms with van der Waals surface area (Å²) in [6, 6.07) is 7.71. The van der Waals surface area contributed by atoms with Crippen LogP contribution in [0.25, 0.3) is 11.4 Å². The lowest BCUT2D eigenvalue weighted by Crippen LogP contribution is -2.11. The van der Waals surface area contributed by atoms with Crippen molar-refractivity contribution in [3.05, 3.63) is 35.1 Å². The van der Waals surface area contributed by atoms with Gasteiger partial charge in [-0.3, -0.25) is 0 Å². The molecule has 2 aromatic rings. The maximum absolute atomic E-state index is 6.13. The van der Waals surface area contributed by atoms with Gasteiger partial charge >= 0.3 is 0 Å². The van der Waals surface area contributed by atoms with Crippen LogP contribution in [0.4, 0.5) is 0 Å². The lowest BCUT2D eigenvalue weighted by molar-refractivity contribution is 0.480. The van der Waals surface area contributed by atoms with E-state index in [1.807, 2.05) is 28.9 Å². The van der Waals surface area contributed by atoms with Crippen LogP contribution in [0.1, 0.15) is 18.7 Å². The Balaban J connectivity index is 2.07. The molecule has 0 N–H and O–H groups in total. The molecule has 2 heterocycles. The number of aryl methyl sites for hydroxylation is 2. The molecule has 0 saturated carbocycles. The lowest BCUT2D eigenvalue weighted by Gasteiger charge is -2.09. The van der Waals surface area contributed by atoms with Gasteiger partial charge in [-0.2, -0.15) is 5.10 Å². The largest absolute Gasteiger partial charge is 0.249 e. The van der Waals surface area contributed by atoms with Crippen LogP contribution < -0.4 is 0 Å². The zero-order valence-corrected chi connectivity index (χ0v) is 9.61. The van der Waals surface area contributed by atoms with Crippen molar-refractivity contribution in [3.63, 3.8) is 0 Å². The second-order valence-electron chi connectivity index (χ2n) is 4.01. The normalized spacial score (nSPS) is 14.8. The van der Waals surface area contributed by atoms with E-state index in [1.165, 1.54) is 12.8 Å². The summed E-state index contributed by atoms with van der Waals surface area (Å²) in [6.45, 7) is 0.979. The Hall–Kier alpha value is -1.35. The van der Waals surface area contributed by atoms with Crippen LogP contribution in [-0.2, 0) is 13.0 Å². The molecule has 0 unspecified atom stereocenters. The standard InChI is InChI=1S/C12H12ClN3/c13-10-6-2-1-5-9(10)12-14-11-7-3-4-8-16(11)15-12/h1-2,5-6H,3-4,7-8H2. The van der Waals surface area contributed by atoms with Crippen LogP contribution >= 0.6 is 11.6 Å². The maximum atomic E-state index is 6.13. The number of hydrogen-bond donors (Lipinski definition) is 0. The highest BCUT2D eigenvalue weighted by atomic mass is 35.5. The highest BCUT2D eigenvalue weighted by Gasteiger charge is 2.15. The molecule has 1 aromatic carbocycles. The van der Waals surface area contributed by atoms with Crippen molar-refractivity contribution < 1.29 is 0 Å². The van der Waals surface area contributed by atoms with Gasteiger partial charge in [-0.1, -0.05) is 23.7 Å². The summed E-state index contributed by atoms with van der Waals surface area (Å²) in [5.74, 6) is 1.84. The summed E-state index contributed by atoms with van der Waals surface area (Å²) >= 11 is 6.13. The number of fused-ring (bicyclic) bond motifs is 1. The molecule has 82 valence electrons. The summed E-state index contributed by atoms with van der Waals surface area (Å²) in [5.41, 5.74) is 0.922. The zero-order valence-electron chi connectivity index (χ0n) is 8.86. The molecule has 4 heteroatoms. The molecule has 0 saturated heterocycles. The van der Waals surface area contributed by atoms with E-state index in [4.69, 9.17) is 11.6 Å². The van der Waals surface area contributed by atoms with Crippen molar-refractivity contribution in [3.8, 4) is 11.4 Å². The van der Waals surface area contributed by atoms with E-state index in [-0.39, 0.29) is 0 Å². The van der Waals surface area contributed by atoms with Gasteiger partial charge in [0.1, 0.15) is 5.82 Å². The molecule has 3 nitrogen and oxygen atoms in total. The van der Waals surface area contributed by atoms with E-state index in [2.05, 4.69) is 10.1 Å². The van der Waals surface area contributed by atoms with Gasteiger partial charge < -0.3 is 0 Å². The molecule has 0 aliphatic carbocycles. The quantitative estimate of drug-likeness (QED) is 0.758. The minimum Gasteiger partial charge on any atom is -0.249 e. The van der Waals surface area contributed by atoms with E-state index in [0.717, 1.165) is 30.2 Å². The Bertz CT molecular complexity index is 495. The van der Waals surface area contributed by atoms with Gasteiger partial charge in [-0.15, -0.1) is 0 Å². The lowest BCUT2D eigenvalue weighted by atomic mass is 10.2. The monoisotopic (exact) mass is 233 g/mol. The fourth-order valence-corrected chi connectivity index (χ4v) is 2.26. The van der Waals surface area contributed by atoms with Gasteiger partial charge in [-0.05, 0) is 25.0 Å². The summed E-state index contributed by atoms with van der Waals surface area (Å²) in [4.78, 5) is 4.55. The van der Waals surface area contributed by atoms with Crippen LogP contribution in [0, 0.1) is 0 Å². The summed E-state index contributed by atoms with van der Waals surface area (Å²) in [7, 11) is 0. The molecule has 0 fully saturated rings. The number of halogens is 1. The van der Waals surface area contributed by atoms with Crippen molar-refractivity contribution in [1.82, 2.24) is 14.8 Å². The number of benzene rings is 1. The van der Waals surface area contributed by atoms with Gasteiger partial charge in [0.2, 0.25) is 0 Å². The van der Waals surface area contributed by atoms with Gasteiger partial charge in [0.25, 0.3) is 0 Å². The van der Waals surface area contributed by atoms with Crippen LogP contribution in [0.3, 0.4) is 0 Å². The Morgan fingerprint density at radius 3 is 2.88 bits per heavy atom. The predicted molar refractivity (Wildman–Crippen MR) is 63.4 cm³/mol. The first kappa shape index (κ1) is 9.85. The van der Waals surface area contributed by atoms with Crippen LogP contribution in [0.2, 0.25) is 5.02 Å². The summed E-state index contributed by atoms with van der Waals surface area (Å²) < 4.78 is 2.00. The van der Waals surface area contributed by atoms with Gasteiger partial charge in [0, 0.05) is 18.5 Å². The SMILES string of the molecule is Clc1ccccc1-c1nc2n(n1)CCCC2. The number of nitrogens with zero attached hydrogens (tertiary/aromatic N) is 3. The molecule has 1 aliphatic heterocycles. The first-order valence-corrected chi connectivity index (χ1v) is 5.91. The van der Waals surface area contributed by atoms with Crippen molar-refractivity contribution in [2.45, 2.75) is 25.8 Å². The van der Waals surface area contributed by atoms with Crippen molar-refractivity contribution in [2.75, 3.05) is 0 Å². The van der Waals surface area contributed by atoms with Gasteiger partial charge in [-0.25, -0.2) is 9.67 Å². The zero-order chi connectivity index (χ0) is 11.0. The van der Waals surface area contributed by atoms with Crippen LogP contribution in [0.5, 0.6) is 0 Å². The van der Waals surface area contributed by atoms with Gasteiger partial charge in [0.05, 0.1) is 5.02 Å². The Kier molecular flexibility index (Phi) is 2.40. The molecule has 0 bridgehead atoms. The van der Waals surface area contributed by atoms with Crippen LogP contribution in [-0.4, -0.2) is 14.8 Å². The molecule has 0 atom stereocenters. The topological polar surface area (TPSA) is 30.7 Å².